The zero-order chi connectivity index (χ0) is 14.6. The van der Waals surface area contributed by atoms with Crippen LogP contribution in [-0.4, -0.2) is 39.4 Å². The number of rotatable bonds is 5. The fraction of sp³-hybridized carbons (Fsp3) is 0.571. The number of hydrogen-bond acceptors (Lipinski definition) is 3. The molecule has 0 bridgehead atoms. The summed E-state index contributed by atoms with van der Waals surface area (Å²) in [4.78, 5) is 0.376. The molecule has 0 atom stereocenters. The van der Waals surface area contributed by atoms with Crippen molar-refractivity contribution in [3.05, 3.63) is 28.7 Å². The monoisotopic (exact) mass is 360 g/mol. The smallest absolute Gasteiger partial charge is 0.243 e. The van der Waals surface area contributed by atoms with Crippen LogP contribution < -0.4 is 5.32 Å². The van der Waals surface area contributed by atoms with E-state index in [0.29, 0.717) is 23.9 Å². The van der Waals surface area contributed by atoms with E-state index in [4.69, 9.17) is 0 Å². The maximum Gasteiger partial charge on any atom is 0.243 e. The van der Waals surface area contributed by atoms with Crippen LogP contribution in [-0.2, 0) is 10.0 Å². The summed E-state index contributed by atoms with van der Waals surface area (Å²) in [5.74, 6) is 0.636. The molecule has 1 heterocycles. The Bertz CT molecular complexity index is 540. The maximum absolute atomic E-state index is 12.6. The molecule has 0 spiro atoms. The molecule has 1 saturated heterocycles. The molecule has 4 nitrogen and oxygen atoms in total. The molecular weight excluding hydrogens is 340 g/mol. The van der Waals surface area contributed by atoms with Gasteiger partial charge in [0.05, 0.1) is 4.90 Å². The van der Waals surface area contributed by atoms with Crippen LogP contribution in [0.15, 0.2) is 33.6 Å². The van der Waals surface area contributed by atoms with Gasteiger partial charge in [-0.15, -0.1) is 0 Å². The summed E-state index contributed by atoms with van der Waals surface area (Å²) in [6, 6.07) is 6.93. The third-order valence-electron chi connectivity index (χ3n) is 3.81. The second kappa shape index (κ2) is 7.02. The summed E-state index contributed by atoms with van der Waals surface area (Å²) in [6.45, 7) is 2.26. The summed E-state index contributed by atoms with van der Waals surface area (Å²) >= 11 is 3.33. The van der Waals surface area contributed by atoms with E-state index >= 15 is 0 Å². The normalized spacial score (nSPS) is 18.3. The Morgan fingerprint density at radius 3 is 2.65 bits per heavy atom. The molecule has 0 amide bonds. The van der Waals surface area contributed by atoms with Crippen LogP contribution in [0.4, 0.5) is 0 Å². The molecule has 0 aliphatic carbocycles. The Morgan fingerprint density at radius 1 is 1.35 bits per heavy atom. The van der Waals surface area contributed by atoms with Crippen molar-refractivity contribution in [1.82, 2.24) is 9.62 Å². The van der Waals surface area contributed by atoms with Crippen molar-refractivity contribution in [3.8, 4) is 0 Å². The standard InChI is InChI=1S/C14H21BrN2O2S/c1-16-8-5-12-6-9-17(10-7-12)20(18,19)14-4-2-3-13(15)11-14/h2-4,11-12,16H,5-10H2,1H3. The van der Waals surface area contributed by atoms with Gasteiger partial charge < -0.3 is 5.32 Å². The fourth-order valence-electron chi connectivity index (χ4n) is 2.56. The van der Waals surface area contributed by atoms with E-state index in [9.17, 15) is 8.42 Å². The minimum Gasteiger partial charge on any atom is -0.320 e. The number of hydrogen-bond donors (Lipinski definition) is 1. The SMILES string of the molecule is CNCCC1CCN(S(=O)(=O)c2cccc(Br)c2)CC1. The van der Waals surface area contributed by atoms with Gasteiger partial charge in [0.2, 0.25) is 10.0 Å². The molecule has 0 unspecified atom stereocenters. The minimum atomic E-state index is -3.34. The van der Waals surface area contributed by atoms with Crippen LogP contribution in [0.2, 0.25) is 0 Å². The third-order valence-corrected chi connectivity index (χ3v) is 6.20. The predicted molar refractivity (Wildman–Crippen MR) is 84.2 cm³/mol. The minimum absolute atomic E-state index is 0.376. The number of halogens is 1. The average molecular weight is 361 g/mol. The number of piperidine rings is 1. The van der Waals surface area contributed by atoms with Crippen molar-refractivity contribution in [1.29, 1.82) is 0 Å². The molecule has 1 aliphatic heterocycles. The lowest BCUT2D eigenvalue weighted by atomic mass is 9.95. The molecule has 6 heteroatoms. The molecule has 0 saturated carbocycles. The summed E-state index contributed by atoms with van der Waals surface area (Å²) in [5, 5.41) is 3.15. The maximum atomic E-state index is 12.6. The van der Waals surface area contributed by atoms with E-state index in [1.54, 1.807) is 22.5 Å². The highest BCUT2D eigenvalue weighted by Crippen LogP contribution is 2.26. The first-order chi connectivity index (χ1) is 9.54. The van der Waals surface area contributed by atoms with Crippen molar-refractivity contribution < 1.29 is 8.42 Å². The quantitative estimate of drug-likeness (QED) is 0.877. The van der Waals surface area contributed by atoms with Crippen LogP contribution in [0.1, 0.15) is 19.3 Å². The van der Waals surface area contributed by atoms with Crippen LogP contribution in [0.25, 0.3) is 0 Å². The lowest BCUT2D eigenvalue weighted by molar-refractivity contribution is 0.263. The Hall–Kier alpha value is -0.430. The van der Waals surface area contributed by atoms with Gasteiger partial charge in [-0.1, -0.05) is 22.0 Å². The predicted octanol–water partition coefficient (Wildman–Crippen LogP) is 2.46. The van der Waals surface area contributed by atoms with Crippen LogP contribution >= 0.6 is 15.9 Å². The van der Waals surface area contributed by atoms with E-state index in [-0.39, 0.29) is 0 Å². The Kier molecular flexibility index (Phi) is 5.60. The lowest BCUT2D eigenvalue weighted by Crippen LogP contribution is -2.38. The topological polar surface area (TPSA) is 49.4 Å². The molecule has 1 fully saturated rings. The molecule has 0 radical (unpaired) electrons. The number of nitrogens with one attached hydrogen (secondary N) is 1. The first-order valence-electron chi connectivity index (χ1n) is 6.94. The summed E-state index contributed by atoms with van der Waals surface area (Å²) < 4.78 is 27.5. The molecule has 1 aromatic rings. The second-order valence-corrected chi connectivity index (χ2v) is 8.05. The highest BCUT2D eigenvalue weighted by Gasteiger charge is 2.29. The van der Waals surface area contributed by atoms with Crippen molar-refractivity contribution in [3.63, 3.8) is 0 Å². The number of nitrogens with zero attached hydrogens (tertiary/aromatic N) is 1. The zero-order valence-corrected chi connectivity index (χ0v) is 14.1. The number of benzene rings is 1. The third kappa shape index (κ3) is 3.81. The van der Waals surface area contributed by atoms with E-state index in [1.807, 2.05) is 13.1 Å². The molecule has 1 aliphatic rings. The van der Waals surface area contributed by atoms with Gasteiger partial charge >= 0.3 is 0 Å². The highest BCUT2D eigenvalue weighted by atomic mass is 79.9. The first kappa shape index (κ1) is 15.9. The van der Waals surface area contributed by atoms with Gasteiger partial charge in [0.1, 0.15) is 0 Å². The van der Waals surface area contributed by atoms with E-state index in [1.165, 1.54) is 0 Å². The first-order valence-corrected chi connectivity index (χ1v) is 9.17. The Balaban J connectivity index is 2.02. The van der Waals surface area contributed by atoms with Gasteiger partial charge in [-0.05, 0) is 57.0 Å². The van der Waals surface area contributed by atoms with Gasteiger partial charge in [0.15, 0.2) is 0 Å². The van der Waals surface area contributed by atoms with Crippen molar-refractivity contribution in [2.75, 3.05) is 26.7 Å². The largest absolute Gasteiger partial charge is 0.320 e. The van der Waals surface area contributed by atoms with E-state index in [0.717, 1.165) is 30.3 Å². The van der Waals surface area contributed by atoms with Crippen molar-refractivity contribution in [2.24, 2.45) is 5.92 Å². The number of sulfonamides is 1. The Labute approximate surface area is 129 Å². The van der Waals surface area contributed by atoms with Crippen molar-refractivity contribution in [2.45, 2.75) is 24.2 Å². The Morgan fingerprint density at radius 2 is 2.05 bits per heavy atom. The van der Waals surface area contributed by atoms with Crippen LogP contribution in [0, 0.1) is 5.92 Å². The van der Waals surface area contributed by atoms with Crippen LogP contribution in [0.3, 0.4) is 0 Å². The molecule has 0 aromatic heterocycles. The fourth-order valence-corrected chi connectivity index (χ4v) is 4.63. The molecule has 1 aromatic carbocycles. The lowest BCUT2D eigenvalue weighted by Gasteiger charge is -2.31. The van der Waals surface area contributed by atoms with Crippen LogP contribution in [0.5, 0.6) is 0 Å². The summed E-state index contributed by atoms with van der Waals surface area (Å²) in [7, 11) is -1.39. The molecule has 20 heavy (non-hydrogen) atoms. The van der Waals surface area contributed by atoms with Gasteiger partial charge in [-0.3, -0.25) is 0 Å². The van der Waals surface area contributed by atoms with Gasteiger partial charge in [-0.2, -0.15) is 4.31 Å². The van der Waals surface area contributed by atoms with E-state index < -0.39 is 10.0 Å². The molecular formula is C14H21BrN2O2S. The van der Waals surface area contributed by atoms with Crippen molar-refractivity contribution >= 4 is 26.0 Å². The second-order valence-electron chi connectivity index (χ2n) is 5.20. The molecule has 2 rings (SSSR count). The summed E-state index contributed by atoms with van der Waals surface area (Å²) in [5.41, 5.74) is 0. The van der Waals surface area contributed by atoms with Gasteiger partial charge in [0, 0.05) is 17.6 Å². The van der Waals surface area contributed by atoms with Gasteiger partial charge in [0.25, 0.3) is 0 Å². The summed E-state index contributed by atoms with van der Waals surface area (Å²) in [6.07, 6.45) is 3.03. The molecule has 112 valence electrons. The average Bonchev–Trinajstić information content (AvgIpc) is 2.45. The van der Waals surface area contributed by atoms with E-state index in [2.05, 4.69) is 21.2 Å². The molecule has 1 N–H and O–H groups in total. The zero-order valence-electron chi connectivity index (χ0n) is 11.7. The highest BCUT2D eigenvalue weighted by molar-refractivity contribution is 9.10. The van der Waals surface area contributed by atoms with Gasteiger partial charge in [-0.25, -0.2) is 8.42 Å².